The van der Waals surface area contributed by atoms with E-state index in [2.05, 4.69) is 23.5 Å². The van der Waals surface area contributed by atoms with E-state index in [1.165, 1.54) is 24.0 Å². The maximum atomic E-state index is 14.2. The Hall–Kier alpha value is -4.08. The molecule has 7 nitrogen and oxygen atoms in total. The molecule has 6 rings (SSSR count). The monoisotopic (exact) mass is 598 g/mol. The Kier molecular flexibility index (Phi) is 8.03. The van der Waals surface area contributed by atoms with Crippen LogP contribution in [0.2, 0.25) is 0 Å². The minimum Gasteiger partial charge on any atom is -0.338 e. The molecule has 3 heterocycles. The standard InChI is InChI=1S/C34H35FN4O3S/c1-23-32(34(40)38-19-17-27(22-38)25-6-4-3-5-7-25)33(39(37-23)30-12-10-28(35)11-13-30)26-16-18-36-29(21-26)20-24-8-14-31(15-9-24)43(2,41)42/h3-16,27,29,36H,17-22H2,1-2H3/t27-,29?/m0/s1. The van der Waals surface area contributed by atoms with E-state index in [1.807, 2.05) is 42.2 Å². The van der Waals surface area contributed by atoms with E-state index in [4.69, 9.17) is 5.10 Å². The largest absolute Gasteiger partial charge is 0.338 e. The number of benzene rings is 3. The molecule has 1 aromatic heterocycles. The highest BCUT2D eigenvalue weighted by Gasteiger charge is 2.34. The zero-order valence-corrected chi connectivity index (χ0v) is 25.1. The van der Waals surface area contributed by atoms with E-state index < -0.39 is 9.84 Å². The molecule has 2 aliphatic rings. The van der Waals surface area contributed by atoms with E-state index in [-0.39, 0.29) is 23.7 Å². The second kappa shape index (κ2) is 11.9. The molecule has 2 atom stereocenters. The lowest BCUT2D eigenvalue weighted by Crippen LogP contribution is -2.35. The summed E-state index contributed by atoms with van der Waals surface area (Å²) in [5, 5.41) is 8.37. The lowest BCUT2D eigenvalue weighted by Gasteiger charge is -2.26. The fourth-order valence-electron chi connectivity index (χ4n) is 6.21. The third-order valence-corrected chi connectivity index (χ3v) is 9.58. The number of nitrogens with one attached hydrogen (secondary N) is 1. The Balaban J connectivity index is 1.31. The molecular formula is C34H35FN4O3S. The van der Waals surface area contributed by atoms with E-state index in [0.29, 0.717) is 54.3 Å². The number of carbonyl (C=O) groups is 1. The molecule has 1 amide bonds. The van der Waals surface area contributed by atoms with Crippen LogP contribution in [0.4, 0.5) is 4.39 Å². The van der Waals surface area contributed by atoms with Crippen LogP contribution in [0.1, 0.15) is 51.6 Å². The van der Waals surface area contributed by atoms with Crippen LogP contribution in [0.5, 0.6) is 0 Å². The van der Waals surface area contributed by atoms with Crippen molar-refractivity contribution in [3.8, 4) is 5.69 Å². The quantitative estimate of drug-likeness (QED) is 0.311. The number of aryl methyl sites for hydroxylation is 1. The van der Waals surface area contributed by atoms with Crippen molar-refractivity contribution in [1.29, 1.82) is 0 Å². The molecule has 43 heavy (non-hydrogen) atoms. The number of amides is 1. The second-order valence-electron chi connectivity index (χ2n) is 11.5. The molecular weight excluding hydrogens is 563 g/mol. The third-order valence-electron chi connectivity index (χ3n) is 8.45. The van der Waals surface area contributed by atoms with Crippen molar-refractivity contribution in [3.05, 3.63) is 119 Å². The van der Waals surface area contributed by atoms with E-state index in [0.717, 1.165) is 23.3 Å². The van der Waals surface area contributed by atoms with Gasteiger partial charge in [0, 0.05) is 37.8 Å². The summed E-state index contributed by atoms with van der Waals surface area (Å²) in [7, 11) is -3.26. The van der Waals surface area contributed by atoms with Gasteiger partial charge in [-0.2, -0.15) is 5.10 Å². The maximum Gasteiger partial charge on any atom is 0.257 e. The molecule has 9 heteroatoms. The summed E-state index contributed by atoms with van der Waals surface area (Å²) in [6.45, 7) is 3.80. The van der Waals surface area contributed by atoms with Gasteiger partial charge >= 0.3 is 0 Å². The zero-order chi connectivity index (χ0) is 30.1. The first-order valence-corrected chi connectivity index (χ1v) is 16.5. The normalized spacial score (nSPS) is 19.0. The highest BCUT2D eigenvalue weighted by molar-refractivity contribution is 7.90. The molecule has 4 aromatic rings. The van der Waals surface area contributed by atoms with Gasteiger partial charge in [0.25, 0.3) is 5.91 Å². The van der Waals surface area contributed by atoms with Crippen LogP contribution < -0.4 is 5.32 Å². The minimum absolute atomic E-state index is 0.0355. The number of hydrogen-bond acceptors (Lipinski definition) is 5. The smallest absolute Gasteiger partial charge is 0.257 e. The van der Waals surface area contributed by atoms with Crippen LogP contribution in [0.3, 0.4) is 0 Å². The average molecular weight is 599 g/mol. The summed E-state index contributed by atoms with van der Waals surface area (Å²) in [5.41, 5.74) is 5.93. The Bertz CT molecular complexity index is 1760. The van der Waals surface area contributed by atoms with Crippen molar-refractivity contribution in [3.63, 3.8) is 0 Å². The molecule has 1 unspecified atom stereocenters. The first-order chi connectivity index (χ1) is 20.7. The molecule has 1 N–H and O–H groups in total. The Morgan fingerprint density at radius 3 is 2.44 bits per heavy atom. The van der Waals surface area contributed by atoms with Crippen molar-refractivity contribution in [2.75, 3.05) is 25.9 Å². The van der Waals surface area contributed by atoms with Gasteiger partial charge in [-0.1, -0.05) is 48.5 Å². The highest BCUT2D eigenvalue weighted by atomic mass is 32.2. The van der Waals surface area contributed by atoms with Gasteiger partial charge in [0.2, 0.25) is 0 Å². The average Bonchev–Trinajstić information content (AvgIpc) is 3.63. The van der Waals surface area contributed by atoms with Gasteiger partial charge in [-0.05, 0) is 79.3 Å². The number of sulfone groups is 1. The van der Waals surface area contributed by atoms with Crippen LogP contribution in [0.15, 0.2) is 89.8 Å². The van der Waals surface area contributed by atoms with Gasteiger partial charge in [0.1, 0.15) is 5.82 Å². The summed E-state index contributed by atoms with van der Waals surface area (Å²) in [6.07, 6.45) is 5.56. The van der Waals surface area contributed by atoms with Crippen LogP contribution in [-0.4, -0.2) is 60.9 Å². The molecule has 0 aliphatic carbocycles. The van der Waals surface area contributed by atoms with Crippen molar-refractivity contribution in [2.24, 2.45) is 0 Å². The fraction of sp³-hybridized carbons (Fsp3) is 0.294. The minimum atomic E-state index is -3.26. The maximum absolute atomic E-state index is 14.2. The summed E-state index contributed by atoms with van der Waals surface area (Å²) < 4.78 is 39.4. The molecule has 3 aromatic carbocycles. The molecule has 0 radical (unpaired) electrons. The number of halogens is 1. The van der Waals surface area contributed by atoms with Gasteiger partial charge in [-0.3, -0.25) is 4.79 Å². The Morgan fingerprint density at radius 1 is 1.02 bits per heavy atom. The van der Waals surface area contributed by atoms with Crippen LogP contribution in [-0.2, 0) is 16.3 Å². The first-order valence-electron chi connectivity index (χ1n) is 14.6. The molecule has 1 saturated heterocycles. The number of aromatic nitrogens is 2. The zero-order valence-electron chi connectivity index (χ0n) is 24.3. The van der Waals surface area contributed by atoms with Crippen LogP contribution in [0.25, 0.3) is 11.3 Å². The predicted molar refractivity (Wildman–Crippen MR) is 166 cm³/mol. The summed E-state index contributed by atoms with van der Waals surface area (Å²) >= 11 is 0. The van der Waals surface area contributed by atoms with Gasteiger partial charge in [0.05, 0.1) is 27.5 Å². The fourth-order valence-corrected chi connectivity index (χ4v) is 6.84. The van der Waals surface area contributed by atoms with Crippen LogP contribution >= 0.6 is 0 Å². The topological polar surface area (TPSA) is 84.3 Å². The SMILES string of the molecule is Cc1nn(-c2ccc(F)cc2)c(C2=CCNC(Cc3ccc(S(C)(=O)=O)cc3)C2)c1C(=O)N1CC[C@H](c2ccccc2)C1. The molecule has 1 fully saturated rings. The van der Waals surface area contributed by atoms with Gasteiger partial charge < -0.3 is 10.2 Å². The molecule has 0 bridgehead atoms. The Morgan fingerprint density at radius 2 is 1.74 bits per heavy atom. The second-order valence-corrected chi connectivity index (χ2v) is 13.5. The first kappa shape index (κ1) is 29.0. The number of rotatable bonds is 7. The lowest BCUT2D eigenvalue weighted by molar-refractivity contribution is 0.0789. The van der Waals surface area contributed by atoms with E-state index in [9.17, 15) is 17.6 Å². The summed E-state index contributed by atoms with van der Waals surface area (Å²) in [6, 6.07) is 23.6. The number of carbonyl (C=O) groups excluding carboxylic acids is 1. The molecule has 2 aliphatic heterocycles. The summed E-state index contributed by atoms with van der Waals surface area (Å²) in [5.74, 6) is -0.0817. The van der Waals surface area contributed by atoms with Crippen molar-refractivity contribution in [1.82, 2.24) is 20.0 Å². The Labute approximate surface area is 252 Å². The third kappa shape index (κ3) is 6.19. The van der Waals surface area contributed by atoms with E-state index in [1.54, 1.807) is 28.9 Å². The summed E-state index contributed by atoms with van der Waals surface area (Å²) in [4.78, 5) is 16.4. The van der Waals surface area contributed by atoms with Gasteiger partial charge in [0.15, 0.2) is 9.84 Å². The van der Waals surface area contributed by atoms with E-state index >= 15 is 0 Å². The van der Waals surface area contributed by atoms with Crippen molar-refractivity contribution in [2.45, 2.75) is 43.0 Å². The predicted octanol–water partition coefficient (Wildman–Crippen LogP) is 5.34. The highest BCUT2D eigenvalue weighted by Crippen LogP contribution is 2.34. The van der Waals surface area contributed by atoms with Gasteiger partial charge in [-0.25, -0.2) is 17.5 Å². The number of likely N-dealkylation sites (tertiary alicyclic amines) is 1. The number of nitrogens with zero attached hydrogens (tertiary/aromatic N) is 3. The molecule has 0 saturated carbocycles. The lowest BCUT2D eigenvalue weighted by atomic mass is 9.92. The molecule has 0 spiro atoms. The number of hydrogen-bond donors (Lipinski definition) is 1. The van der Waals surface area contributed by atoms with Crippen molar-refractivity contribution < 1.29 is 17.6 Å². The van der Waals surface area contributed by atoms with Crippen LogP contribution in [0, 0.1) is 12.7 Å². The van der Waals surface area contributed by atoms with Crippen molar-refractivity contribution >= 4 is 21.3 Å². The molecule has 222 valence electrons. The van der Waals surface area contributed by atoms with Gasteiger partial charge in [-0.15, -0.1) is 0 Å².